The highest BCUT2D eigenvalue weighted by Crippen LogP contribution is 2.19. The summed E-state index contributed by atoms with van der Waals surface area (Å²) in [6.45, 7) is 1.80. The average molecular weight is 288 g/mol. The highest BCUT2D eigenvalue weighted by atomic mass is 35.5. The van der Waals surface area contributed by atoms with Gasteiger partial charge in [0.15, 0.2) is 0 Å². The zero-order chi connectivity index (χ0) is 13.1. The molecular formula is C12H11ClFNO2S. The number of halogens is 2. The Morgan fingerprint density at radius 1 is 1.39 bits per heavy atom. The summed E-state index contributed by atoms with van der Waals surface area (Å²) in [6, 6.07) is 5.80. The molecule has 2 aromatic rings. The highest BCUT2D eigenvalue weighted by Gasteiger charge is 2.10. The molecule has 0 aliphatic carbocycles. The second kappa shape index (κ2) is 5.63. The summed E-state index contributed by atoms with van der Waals surface area (Å²) in [7, 11) is -1.17. The maximum atomic E-state index is 12.9. The number of hydrogen-bond acceptors (Lipinski definition) is 3. The minimum atomic E-state index is -1.17. The molecule has 1 unspecified atom stereocenters. The van der Waals surface area contributed by atoms with Gasteiger partial charge >= 0.3 is 0 Å². The topological polar surface area (TPSA) is 43.1 Å². The lowest BCUT2D eigenvalue weighted by atomic mass is 10.2. The molecule has 0 fully saturated rings. The van der Waals surface area contributed by atoms with Crippen molar-refractivity contribution in [2.45, 2.75) is 18.4 Å². The van der Waals surface area contributed by atoms with Crippen LogP contribution in [0, 0.1) is 12.7 Å². The Labute approximate surface area is 111 Å². The first kappa shape index (κ1) is 13.2. The largest absolute Gasteiger partial charge is 0.360 e. The summed E-state index contributed by atoms with van der Waals surface area (Å²) in [6.07, 6.45) is 0. The van der Waals surface area contributed by atoms with Gasteiger partial charge in [-0.2, -0.15) is 0 Å². The lowest BCUT2D eigenvalue weighted by molar-refractivity contribution is 0.390. The van der Waals surface area contributed by atoms with Gasteiger partial charge < -0.3 is 4.52 Å². The lowest BCUT2D eigenvalue weighted by Gasteiger charge is -2.03. The molecule has 0 amide bonds. The second-order valence-corrected chi connectivity index (χ2v) is 5.76. The first-order chi connectivity index (χ1) is 8.54. The third kappa shape index (κ3) is 3.40. The summed E-state index contributed by atoms with van der Waals surface area (Å²) in [5.41, 5.74) is 1.41. The molecule has 0 spiro atoms. The van der Waals surface area contributed by atoms with Gasteiger partial charge in [-0.25, -0.2) is 4.39 Å². The van der Waals surface area contributed by atoms with E-state index in [1.54, 1.807) is 19.1 Å². The Bertz CT molecular complexity index is 585. The van der Waals surface area contributed by atoms with Gasteiger partial charge in [0.05, 0.1) is 17.2 Å². The number of benzene rings is 1. The Balaban J connectivity index is 2.03. The molecule has 0 N–H and O–H groups in total. The van der Waals surface area contributed by atoms with E-state index in [0.717, 1.165) is 5.69 Å². The highest BCUT2D eigenvalue weighted by molar-refractivity contribution is 7.83. The fourth-order valence-corrected chi connectivity index (χ4v) is 2.97. The van der Waals surface area contributed by atoms with Crippen molar-refractivity contribution in [3.8, 4) is 0 Å². The molecule has 2 rings (SSSR count). The van der Waals surface area contributed by atoms with Crippen LogP contribution >= 0.6 is 11.6 Å². The van der Waals surface area contributed by atoms with Crippen molar-refractivity contribution in [3.05, 3.63) is 52.1 Å². The molecule has 0 radical (unpaired) electrons. The molecule has 18 heavy (non-hydrogen) atoms. The van der Waals surface area contributed by atoms with Crippen LogP contribution in [0.2, 0.25) is 5.02 Å². The molecule has 1 heterocycles. The molecule has 0 aliphatic heterocycles. The maximum absolute atomic E-state index is 12.9. The van der Waals surface area contributed by atoms with Crippen molar-refractivity contribution in [2.24, 2.45) is 0 Å². The van der Waals surface area contributed by atoms with Gasteiger partial charge in [-0.1, -0.05) is 22.8 Å². The zero-order valence-electron chi connectivity index (χ0n) is 9.65. The summed E-state index contributed by atoms with van der Waals surface area (Å²) < 4.78 is 29.7. The van der Waals surface area contributed by atoms with E-state index in [9.17, 15) is 8.60 Å². The summed E-state index contributed by atoms with van der Waals surface area (Å²) in [4.78, 5) is 0. The van der Waals surface area contributed by atoms with Gasteiger partial charge in [-0.15, -0.1) is 0 Å². The standard InChI is InChI=1S/C12H11ClFNO2S/c1-8-4-11(17-15-8)7-18(16)6-9-2-3-10(14)5-12(9)13/h2-5H,6-7H2,1H3. The number of nitrogens with zero attached hydrogens (tertiary/aromatic N) is 1. The molecular weight excluding hydrogens is 277 g/mol. The van der Waals surface area contributed by atoms with Crippen molar-refractivity contribution in [1.29, 1.82) is 0 Å². The summed E-state index contributed by atoms with van der Waals surface area (Å²) in [5.74, 6) is 0.706. The first-order valence-corrected chi connectivity index (χ1v) is 7.12. The van der Waals surface area contributed by atoms with Crippen LogP contribution < -0.4 is 0 Å². The monoisotopic (exact) mass is 287 g/mol. The molecule has 1 aromatic heterocycles. The van der Waals surface area contributed by atoms with Gasteiger partial charge in [0.2, 0.25) is 0 Å². The molecule has 96 valence electrons. The van der Waals surface area contributed by atoms with Gasteiger partial charge in [0.1, 0.15) is 11.6 Å². The average Bonchev–Trinajstić information content (AvgIpc) is 2.68. The molecule has 0 bridgehead atoms. The fourth-order valence-electron chi connectivity index (χ4n) is 1.51. The van der Waals surface area contributed by atoms with Crippen LogP contribution in [0.15, 0.2) is 28.8 Å². The van der Waals surface area contributed by atoms with E-state index in [0.29, 0.717) is 11.3 Å². The van der Waals surface area contributed by atoms with Gasteiger partial charge in [-0.05, 0) is 24.6 Å². The normalized spacial score (nSPS) is 12.6. The van der Waals surface area contributed by atoms with Crippen LogP contribution in [-0.4, -0.2) is 9.37 Å². The lowest BCUT2D eigenvalue weighted by Crippen LogP contribution is -1.99. The smallest absolute Gasteiger partial charge is 0.149 e. The van der Waals surface area contributed by atoms with E-state index in [-0.39, 0.29) is 16.5 Å². The molecule has 0 saturated heterocycles. The zero-order valence-corrected chi connectivity index (χ0v) is 11.2. The molecule has 6 heteroatoms. The van der Waals surface area contributed by atoms with Gasteiger partial charge in [-0.3, -0.25) is 4.21 Å². The van der Waals surface area contributed by atoms with Crippen molar-refractivity contribution in [1.82, 2.24) is 5.16 Å². The summed E-state index contributed by atoms with van der Waals surface area (Å²) in [5, 5.41) is 4.01. The molecule has 1 atom stereocenters. The van der Waals surface area contributed by atoms with Crippen LogP contribution in [0.3, 0.4) is 0 Å². The third-order valence-corrected chi connectivity index (χ3v) is 3.90. The van der Waals surface area contributed by atoms with Crippen molar-refractivity contribution >= 4 is 22.4 Å². The number of aromatic nitrogens is 1. The van der Waals surface area contributed by atoms with E-state index in [1.807, 2.05) is 0 Å². The predicted molar refractivity (Wildman–Crippen MR) is 68.2 cm³/mol. The second-order valence-electron chi connectivity index (χ2n) is 3.90. The summed E-state index contributed by atoms with van der Waals surface area (Å²) >= 11 is 5.87. The Kier molecular flexibility index (Phi) is 4.14. The van der Waals surface area contributed by atoms with E-state index >= 15 is 0 Å². The van der Waals surface area contributed by atoms with E-state index in [1.165, 1.54) is 12.1 Å². The van der Waals surface area contributed by atoms with Gasteiger partial charge in [0.25, 0.3) is 0 Å². The minimum absolute atomic E-state index is 0.263. The van der Waals surface area contributed by atoms with Crippen LogP contribution in [-0.2, 0) is 22.3 Å². The maximum Gasteiger partial charge on any atom is 0.149 e. The number of rotatable bonds is 4. The van der Waals surface area contributed by atoms with Crippen molar-refractivity contribution in [3.63, 3.8) is 0 Å². The van der Waals surface area contributed by atoms with E-state index < -0.39 is 16.6 Å². The number of aryl methyl sites for hydroxylation is 1. The van der Waals surface area contributed by atoms with Crippen molar-refractivity contribution in [2.75, 3.05) is 0 Å². The van der Waals surface area contributed by atoms with E-state index in [4.69, 9.17) is 16.1 Å². The SMILES string of the molecule is Cc1cc(CS(=O)Cc2ccc(F)cc2Cl)on1. The van der Waals surface area contributed by atoms with Crippen molar-refractivity contribution < 1.29 is 13.1 Å². The third-order valence-electron chi connectivity index (χ3n) is 2.31. The molecule has 0 aliphatic rings. The van der Waals surface area contributed by atoms with Crippen LogP contribution in [0.5, 0.6) is 0 Å². The number of hydrogen-bond donors (Lipinski definition) is 0. The van der Waals surface area contributed by atoms with Crippen LogP contribution in [0.1, 0.15) is 17.0 Å². The fraction of sp³-hybridized carbons (Fsp3) is 0.250. The first-order valence-electron chi connectivity index (χ1n) is 5.25. The Morgan fingerprint density at radius 2 is 2.17 bits per heavy atom. The molecule has 1 aromatic carbocycles. The Hall–Kier alpha value is -1.20. The quantitative estimate of drug-likeness (QED) is 0.867. The van der Waals surface area contributed by atoms with Crippen LogP contribution in [0.25, 0.3) is 0 Å². The van der Waals surface area contributed by atoms with E-state index in [2.05, 4.69) is 5.16 Å². The molecule has 0 saturated carbocycles. The van der Waals surface area contributed by atoms with Gasteiger partial charge in [0, 0.05) is 21.9 Å². The minimum Gasteiger partial charge on any atom is -0.360 e. The Morgan fingerprint density at radius 3 is 2.78 bits per heavy atom. The van der Waals surface area contributed by atoms with Crippen LogP contribution in [0.4, 0.5) is 4.39 Å². The predicted octanol–water partition coefficient (Wildman–Crippen LogP) is 3.22. The molecule has 3 nitrogen and oxygen atoms in total.